The van der Waals surface area contributed by atoms with E-state index in [1.807, 2.05) is 0 Å². The fourth-order valence-corrected chi connectivity index (χ4v) is 7.47. The van der Waals surface area contributed by atoms with Crippen LogP contribution in [0.15, 0.2) is 30.3 Å². The number of carbonyl (C=O) groups is 3. The van der Waals surface area contributed by atoms with E-state index in [1.165, 1.54) is 24.3 Å². The molecule has 168 valence electrons. The van der Waals surface area contributed by atoms with Crippen LogP contribution in [0.2, 0.25) is 30.7 Å². The van der Waals surface area contributed by atoms with Crippen LogP contribution >= 0.6 is 46.4 Å². The van der Waals surface area contributed by atoms with E-state index in [9.17, 15) is 14.4 Å². The zero-order valence-electron chi connectivity index (χ0n) is 17.4. The number of anilines is 2. The van der Waals surface area contributed by atoms with Crippen molar-refractivity contribution in [3.05, 3.63) is 56.0 Å². The maximum absolute atomic E-state index is 14.2. The van der Waals surface area contributed by atoms with E-state index in [2.05, 4.69) is 5.32 Å². The molecule has 3 amide bonds. The summed E-state index contributed by atoms with van der Waals surface area (Å²) < 4.78 is 0. The summed E-state index contributed by atoms with van der Waals surface area (Å²) in [5.74, 6) is -2.13. The third kappa shape index (κ3) is 2.30. The van der Waals surface area contributed by atoms with Gasteiger partial charge in [-0.2, -0.15) is 0 Å². The zero-order chi connectivity index (χ0) is 24.4. The summed E-state index contributed by atoms with van der Waals surface area (Å²) in [5, 5.41) is -0.425. The van der Waals surface area contributed by atoms with E-state index in [1.54, 1.807) is 11.0 Å². The molecule has 6 nitrogen and oxygen atoms in total. The van der Waals surface area contributed by atoms with Gasteiger partial charge in [0.2, 0.25) is 17.7 Å². The van der Waals surface area contributed by atoms with Gasteiger partial charge in [-0.3, -0.25) is 24.2 Å². The first kappa shape index (κ1) is 22.7. The molecular weight excluding hydrogens is 518 g/mol. The molecule has 34 heavy (non-hydrogen) atoms. The number of imide groups is 1. The lowest BCUT2D eigenvalue weighted by molar-refractivity contribution is -0.134. The Bertz CT molecular complexity index is 1340. The van der Waals surface area contributed by atoms with Crippen LogP contribution in [0.1, 0.15) is 18.4 Å². The topological polar surface area (TPSA) is 69.7 Å². The predicted octanol–water partition coefficient (Wildman–Crippen LogP) is 4.15. The maximum Gasteiger partial charge on any atom is 0.249 e. The standard InChI is InChI=1S/C22H13B2Cl4N3O3/c23-20-15-2-1-3-30(15)21(13-7-11(27)8-14(28)16(13)29-17(21)32)22(20,24)19(34)31(18(20)33)12-5-9(25)4-10(26)6-12/h4-8,15H,1-3H2,(H,29,32). The third-order valence-corrected chi connectivity index (χ3v) is 8.60. The van der Waals surface area contributed by atoms with E-state index in [-0.39, 0.29) is 25.8 Å². The number of rotatable bonds is 1. The molecule has 0 aliphatic carbocycles. The molecule has 1 spiro atoms. The number of amides is 3. The van der Waals surface area contributed by atoms with Crippen molar-refractivity contribution in [2.75, 3.05) is 16.8 Å². The fraction of sp³-hybridized carbons (Fsp3) is 0.318. The van der Waals surface area contributed by atoms with Crippen LogP contribution < -0.4 is 10.2 Å². The summed E-state index contributed by atoms with van der Waals surface area (Å²) >= 11 is 25.0. The van der Waals surface area contributed by atoms with E-state index in [0.717, 1.165) is 4.90 Å². The smallest absolute Gasteiger partial charge is 0.249 e. The number of halogens is 4. The molecule has 4 aliphatic heterocycles. The lowest BCUT2D eigenvalue weighted by Crippen LogP contribution is -2.57. The molecule has 1 N–H and O–H groups in total. The number of fused-ring (bicyclic) bond motifs is 7. The van der Waals surface area contributed by atoms with Crippen LogP contribution in [0.4, 0.5) is 11.4 Å². The predicted molar refractivity (Wildman–Crippen MR) is 132 cm³/mol. The van der Waals surface area contributed by atoms with Crippen LogP contribution in [0.25, 0.3) is 0 Å². The molecule has 12 heteroatoms. The molecule has 4 unspecified atom stereocenters. The van der Waals surface area contributed by atoms with Gasteiger partial charge in [0.25, 0.3) is 0 Å². The van der Waals surface area contributed by atoms with Crippen molar-refractivity contribution < 1.29 is 14.4 Å². The quantitative estimate of drug-likeness (QED) is 0.444. The molecule has 3 fully saturated rings. The maximum atomic E-state index is 14.2. The highest BCUT2D eigenvalue weighted by Crippen LogP contribution is 2.77. The lowest BCUT2D eigenvalue weighted by Gasteiger charge is -2.43. The summed E-state index contributed by atoms with van der Waals surface area (Å²) in [5.41, 5.74) is -1.06. The van der Waals surface area contributed by atoms with Crippen molar-refractivity contribution in [2.24, 2.45) is 0 Å². The molecule has 3 saturated heterocycles. The number of carbonyl (C=O) groups excluding carboxylic acids is 3. The Labute approximate surface area is 217 Å². The molecule has 4 aliphatic rings. The van der Waals surface area contributed by atoms with Crippen LogP contribution in [0, 0.1) is 0 Å². The van der Waals surface area contributed by atoms with Crippen LogP contribution in [0.3, 0.4) is 0 Å². The fourth-order valence-electron chi connectivity index (χ4n) is 6.42. The van der Waals surface area contributed by atoms with Gasteiger partial charge < -0.3 is 5.32 Å². The largest absolute Gasteiger partial charge is 0.323 e. The first-order valence-corrected chi connectivity index (χ1v) is 12.0. The second-order valence-corrected chi connectivity index (χ2v) is 10.8. The van der Waals surface area contributed by atoms with Gasteiger partial charge in [0.15, 0.2) is 0 Å². The van der Waals surface area contributed by atoms with Gasteiger partial charge in [0.05, 0.1) is 37.4 Å². The highest BCUT2D eigenvalue weighted by atomic mass is 35.5. The van der Waals surface area contributed by atoms with Gasteiger partial charge in [-0.15, -0.1) is 0 Å². The van der Waals surface area contributed by atoms with Gasteiger partial charge in [-0.1, -0.05) is 46.4 Å². The van der Waals surface area contributed by atoms with Gasteiger partial charge in [0, 0.05) is 32.0 Å². The minimum atomic E-state index is -2.17. The molecule has 4 atom stereocenters. The summed E-state index contributed by atoms with van der Waals surface area (Å²) in [4.78, 5) is 44.7. The van der Waals surface area contributed by atoms with Crippen molar-refractivity contribution in [3.8, 4) is 0 Å². The van der Waals surface area contributed by atoms with E-state index >= 15 is 0 Å². The number of benzene rings is 2. The molecule has 4 radical (unpaired) electrons. The Morgan fingerprint density at radius 1 is 0.912 bits per heavy atom. The zero-order valence-corrected chi connectivity index (χ0v) is 20.4. The van der Waals surface area contributed by atoms with Gasteiger partial charge in [-0.25, -0.2) is 0 Å². The van der Waals surface area contributed by atoms with Gasteiger partial charge >= 0.3 is 0 Å². The van der Waals surface area contributed by atoms with Gasteiger partial charge in [-0.05, 0) is 49.7 Å². The van der Waals surface area contributed by atoms with E-state index in [4.69, 9.17) is 62.1 Å². The molecule has 2 aromatic rings. The summed E-state index contributed by atoms with van der Waals surface area (Å²) in [6, 6.07) is 6.67. The second kappa shape index (κ2) is 6.95. The molecule has 0 saturated carbocycles. The number of nitrogens with zero attached hydrogens (tertiary/aromatic N) is 2. The summed E-state index contributed by atoms with van der Waals surface area (Å²) in [7, 11) is 13.9. The van der Waals surface area contributed by atoms with Crippen LogP contribution in [0.5, 0.6) is 0 Å². The normalized spacial score (nSPS) is 34.1. The SMILES string of the molecule is [B]C12C(=O)N(c3cc(Cl)cc(Cl)c3)C(=O)C1([B])C1(C(=O)Nc3c(Cl)cc(Cl)cc31)N1CCCC12. The Morgan fingerprint density at radius 2 is 1.56 bits per heavy atom. The Kier molecular flexibility index (Phi) is 4.65. The highest BCUT2D eigenvalue weighted by molar-refractivity contribution is 6.56. The Morgan fingerprint density at radius 3 is 2.24 bits per heavy atom. The average Bonchev–Trinajstić information content (AvgIpc) is 3.42. The van der Waals surface area contributed by atoms with Crippen molar-refractivity contribution in [1.82, 2.24) is 4.90 Å². The number of hydrogen-bond acceptors (Lipinski definition) is 4. The van der Waals surface area contributed by atoms with Crippen molar-refractivity contribution in [1.29, 1.82) is 0 Å². The van der Waals surface area contributed by atoms with Crippen molar-refractivity contribution in [2.45, 2.75) is 35.1 Å². The first-order chi connectivity index (χ1) is 16.0. The molecule has 6 rings (SSSR count). The van der Waals surface area contributed by atoms with Gasteiger partial charge in [0.1, 0.15) is 5.54 Å². The summed E-state index contributed by atoms with van der Waals surface area (Å²) in [6.07, 6.45) is 1.13. The van der Waals surface area contributed by atoms with Crippen molar-refractivity contribution >= 4 is 91.2 Å². The van der Waals surface area contributed by atoms with E-state index < -0.39 is 39.9 Å². The molecule has 4 heterocycles. The first-order valence-electron chi connectivity index (χ1n) is 10.5. The van der Waals surface area contributed by atoms with Crippen LogP contribution in [-0.2, 0) is 19.9 Å². The Balaban J connectivity index is 1.67. The number of nitrogens with one attached hydrogen (secondary N) is 1. The average molecular weight is 531 g/mol. The van der Waals surface area contributed by atoms with Crippen molar-refractivity contribution in [3.63, 3.8) is 0 Å². The monoisotopic (exact) mass is 529 g/mol. The minimum absolute atomic E-state index is 0.124. The number of hydrogen-bond donors (Lipinski definition) is 1. The summed E-state index contributed by atoms with van der Waals surface area (Å²) in [6.45, 7) is 0.406. The molecule has 2 aromatic carbocycles. The lowest BCUT2D eigenvalue weighted by atomic mass is 9.39. The van der Waals surface area contributed by atoms with Crippen LogP contribution in [-0.4, -0.2) is 50.9 Å². The second-order valence-electron chi connectivity index (χ2n) is 9.08. The molecule has 0 bridgehead atoms. The molecular formula is C22H13B2Cl4N3O3. The third-order valence-electron chi connectivity index (χ3n) is 7.65. The minimum Gasteiger partial charge on any atom is -0.323 e. The van der Waals surface area contributed by atoms with E-state index in [0.29, 0.717) is 30.6 Å². The Hall–Kier alpha value is -1.70. The molecule has 0 aromatic heterocycles. The highest BCUT2D eigenvalue weighted by Gasteiger charge is 2.84.